The van der Waals surface area contributed by atoms with Gasteiger partial charge in [0.05, 0.1) is 26.8 Å². The number of nitrogens with one attached hydrogen (secondary N) is 8. The number of thiocarbonyl (C=S) groups is 2. The molecule has 0 bridgehead atoms. The standard InChI is InChI=1S/C53H70N10O6S4/c1-31(55-7)49(71)59-37-23-25-73-40-27-53(4,5)44(63(40)51(37)69)48(67)61-42(35-16-12-9-13-17-35)46(65)57-29-33-20-18-32(19-21-33)28-56-45(64)41(34-14-10-8-11-15-34)60-47(66)43-52(2,3)26-39-62(43)50(68)36(22-24-72-39)58-38(70)30-54-6/h8-21,31,36-37,39-44,54-55H,22-30H2,1-7H3,(H,56,64)(H,57,65)(H,58,70)(H,59,71)(H,60,66)(H,61,67)/t31-,36-,37-,39-,40-,41-,42?,43+,44+/m0/s1. The lowest BCUT2D eigenvalue weighted by Gasteiger charge is -2.35. The van der Waals surface area contributed by atoms with Crippen LogP contribution in [0.3, 0.4) is 0 Å². The number of hydrogen-bond acceptors (Lipinski definition) is 12. The van der Waals surface area contributed by atoms with Gasteiger partial charge in [-0.1, -0.05) is 137 Å². The number of nitrogens with zero attached hydrogens (tertiary/aromatic N) is 2. The van der Waals surface area contributed by atoms with Crippen LogP contribution in [0.25, 0.3) is 0 Å². The molecule has 4 aliphatic heterocycles. The van der Waals surface area contributed by atoms with Crippen LogP contribution in [-0.2, 0) is 41.9 Å². The second kappa shape index (κ2) is 24.5. The maximum absolute atomic E-state index is 14.5. The molecule has 20 heteroatoms. The number of thioether (sulfide) groups is 2. The first-order chi connectivity index (χ1) is 34.8. The number of likely N-dealkylation sites (N-methyl/N-ethyl adjacent to an activating group) is 2. The molecule has 4 saturated heterocycles. The molecule has 0 aliphatic carbocycles. The molecule has 0 aromatic heterocycles. The van der Waals surface area contributed by atoms with E-state index < -0.39 is 70.7 Å². The molecule has 7 rings (SSSR count). The Morgan fingerprint density at radius 3 is 1.45 bits per heavy atom. The Hall–Kier alpha value is -5.12. The van der Waals surface area contributed by atoms with E-state index in [2.05, 4.69) is 42.5 Å². The maximum atomic E-state index is 14.5. The normalized spacial score (nSPS) is 24.3. The van der Waals surface area contributed by atoms with Gasteiger partial charge >= 0.3 is 0 Å². The van der Waals surface area contributed by atoms with Crippen molar-refractivity contribution in [2.75, 3.05) is 32.1 Å². The van der Waals surface area contributed by atoms with Crippen LogP contribution in [0.5, 0.6) is 0 Å². The number of fused-ring (bicyclic) bond motifs is 2. The molecule has 9 atom stereocenters. The predicted molar refractivity (Wildman–Crippen MR) is 296 cm³/mol. The van der Waals surface area contributed by atoms with E-state index in [1.54, 1.807) is 71.7 Å². The molecule has 3 aromatic rings. The third-order valence-corrected chi connectivity index (χ3v) is 17.5. The fraction of sp³-hybridized carbons (Fsp3) is 0.509. The molecule has 4 heterocycles. The zero-order valence-electron chi connectivity index (χ0n) is 42.6. The highest BCUT2D eigenvalue weighted by molar-refractivity contribution is 8.00. The molecule has 16 nitrogen and oxygen atoms in total. The summed E-state index contributed by atoms with van der Waals surface area (Å²) in [6.07, 6.45) is 2.38. The van der Waals surface area contributed by atoms with Gasteiger partial charge in [-0.05, 0) is 91.3 Å². The van der Waals surface area contributed by atoms with Gasteiger partial charge in [0.15, 0.2) is 0 Å². The molecule has 4 aliphatic rings. The van der Waals surface area contributed by atoms with Gasteiger partial charge in [-0.2, -0.15) is 0 Å². The summed E-state index contributed by atoms with van der Waals surface area (Å²) >= 11 is 14.4. The highest BCUT2D eigenvalue weighted by Gasteiger charge is 2.56. The number of carbonyl (C=O) groups is 6. The minimum absolute atomic E-state index is 0.134. The van der Waals surface area contributed by atoms with Crippen molar-refractivity contribution in [3.05, 3.63) is 107 Å². The van der Waals surface area contributed by atoms with Gasteiger partial charge in [-0.3, -0.25) is 28.8 Å². The Morgan fingerprint density at radius 2 is 1.05 bits per heavy atom. The van der Waals surface area contributed by atoms with Gasteiger partial charge in [-0.15, -0.1) is 23.5 Å². The average molecular weight is 1070 g/mol. The zero-order valence-corrected chi connectivity index (χ0v) is 45.9. The van der Waals surface area contributed by atoms with E-state index in [9.17, 15) is 28.8 Å². The summed E-state index contributed by atoms with van der Waals surface area (Å²) in [5.74, 6) is -0.557. The SMILES string of the molecule is CNCC(=S)N[C@H]1CCS[C@H]2CC(C)(C)[C@@H](C(=O)N[C@H](C(=O)NCc3ccc(CNC(=O)C(NC(=O)[C@H]4N5C(=O)[C@@H](NC(=S)[C@H](C)NC)CCS[C@H]5CC4(C)C)c4ccccc4)cc3)c3ccccc3)N2C1=O. The second-order valence-corrected chi connectivity index (χ2v) is 24.1. The van der Waals surface area contributed by atoms with Crippen molar-refractivity contribution in [3.8, 4) is 0 Å². The lowest BCUT2D eigenvalue weighted by atomic mass is 9.83. The summed E-state index contributed by atoms with van der Waals surface area (Å²) in [5, 5.41) is 24.3. The molecule has 3 aromatic carbocycles. The molecule has 0 spiro atoms. The minimum Gasteiger partial charge on any atom is -0.367 e. The predicted octanol–water partition coefficient (Wildman–Crippen LogP) is 4.21. The largest absolute Gasteiger partial charge is 0.367 e. The molecular weight excluding hydrogens is 1000 g/mol. The molecule has 1 unspecified atom stereocenters. The summed E-state index contributed by atoms with van der Waals surface area (Å²) in [6.45, 7) is 10.6. The van der Waals surface area contributed by atoms with Crippen LogP contribution in [0, 0.1) is 10.8 Å². The van der Waals surface area contributed by atoms with E-state index in [0.717, 1.165) is 22.6 Å². The topological polar surface area (TPSA) is 205 Å². The van der Waals surface area contributed by atoms with Gasteiger partial charge in [0.2, 0.25) is 35.4 Å². The van der Waals surface area contributed by atoms with Gasteiger partial charge in [0, 0.05) is 19.6 Å². The first-order valence-corrected chi connectivity index (χ1v) is 27.9. The summed E-state index contributed by atoms with van der Waals surface area (Å²) < 4.78 is 0. The van der Waals surface area contributed by atoms with Gasteiger partial charge < -0.3 is 52.3 Å². The van der Waals surface area contributed by atoms with E-state index in [1.807, 2.05) is 95.3 Å². The van der Waals surface area contributed by atoms with Crippen LogP contribution in [0.15, 0.2) is 84.9 Å². The molecular formula is C53H70N10O6S4. The van der Waals surface area contributed by atoms with E-state index in [0.29, 0.717) is 53.3 Å². The summed E-state index contributed by atoms with van der Waals surface area (Å²) in [7, 11) is 3.59. The average Bonchev–Trinajstić information content (AvgIpc) is 3.69. The Labute approximate surface area is 448 Å². The Morgan fingerprint density at radius 1 is 0.644 bits per heavy atom. The monoisotopic (exact) mass is 1070 g/mol. The first-order valence-electron chi connectivity index (χ1n) is 25.0. The van der Waals surface area contributed by atoms with Crippen molar-refractivity contribution < 1.29 is 28.8 Å². The van der Waals surface area contributed by atoms with Gasteiger partial charge in [0.25, 0.3) is 0 Å². The highest BCUT2D eigenvalue weighted by Crippen LogP contribution is 2.48. The summed E-state index contributed by atoms with van der Waals surface area (Å²) in [5.41, 5.74) is 1.60. The fourth-order valence-electron chi connectivity index (χ4n) is 10.2. The Bertz CT molecular complexity index is 2500. The lowest BCUT2D eigenvalue weighted by molar-refractivity contribution is -0.143. The van der Waals surface area contributed by atoms with E-state index >= 15 is 0 Å². The fourth-order valence-corrected chi connectivity index (χ4v) is 13.9. The van der Waals surface area contributed by atoms with Crippen molar-refractivity contribution in [1.29, 1.82) is 0 Å². The number of carbonyl (C=O) groups excluding carboxylic acids is 6. The van der Waals surface area contributed by atoms with Crippen LogP contribution in [0.4, 0.5) is 0 Å². The number of hydrogen-bond donors (Lipinski definition) is 8. The Balaban J connectivity index is 0.993. The van der Waals surface area contributed by atoms with Crippen molar-refractivity contribution in [2.45, 2.75) is 126 Å². The maximum Gasteiger partial charge on any atom is 0.247 e. The third kappa shape index (κ3) is 13.2. The lowest BCUT2D eigenvalue weighted by Crippen LogP contribution is -2.58. The van der Waals surface area contributed by atoms with Crippen molar-refractivity contribution in [2.24, 2.45) is 10.8 Å². The number of amides is 6. The van der Waals surface area contributed by atoms with Gasteiger partial charge in [-0.25, -0.2) is 0 Å². The Kier molecular flexibility index (Phi) is 18.7. The van der Waals surface area contributed by atoms with Crippen LogP contribution in [0.2, 0.25) is 0 Å². The number of rotatable bonds is 18. The summed E-state index contributed by atoms with van der Waals surface area (Å²) in [6, 6.07) is 20.5. The van der Waals surface area contributed by atoms with Crippen molar-refractivity contribution in [3.63, 3.8) is 0 Å². The molecule has 8 N–H and O–H groups in total. The molecule has 0 radical (unpaired) electrons. The highest BCUT2D eigenvalue weighted by atomic mass is 32.2. The van der Waals surface area contributed by atoms with E-state index in [4.69, 9.17) is 24.4 Å². The van der Waals surface area contributed by atoms with Gasteiger partial charge in [0.1, 0.15) is 36.3 Å². The van der Waals surface area contributed by atoms with Crippen molar-refractivity contribution >= 4 is 93.4 Å². The third-order valence-electron chi connectivity index (χ3n) is 14.2. The van der Waals surface area contributed by atoms with E-state index in [-0.39, 0.29) is 41.7 Å². The summed E-state index contributed by atoms with van der Waals surface area (Å²) in [4.78, 5) is 90.2. The molecule has 73 heavy (non-hydrogen) atoms. The molecule has 0 saturated carbocycles. The van der Waals surface area contributed by atoms with Crippen molar-refractivity contribution in [1.82, 2.24) is 52.3 Å². The van der Waals surface area contributed by atoms with Crippen LogP contribution in [0.1, 0.15) is 94.6 Å². The number of benzene rings is 3. The smallest absolute Gasteiger partial charge is 0.247 e. The quantitative estimate of drug-likeness (QED) is 0.0842. The van der Waals surface area contributed by atoms with Crippen LogP contribution >= 0.6 is 48.0 Å². The molecule has 6 amide bonds. The van der Waals surface area contributed by atoms with E-state index in [1.165, 1.54) is 0 Å². The van der Waals surface area contributed by atoms with Crippen LogP contribution in [-0.4, -0.2) is 128 Å². The molecule has 4 fully saturated rings. The minimum atomic E-state index is -1.05. The zero-order chi connectivity index (χ0) is 52.6. The molecule has 392 valence electrons. The second-order valence-electron chi connectivity index (χ2n) is 20.6. The first kappa shape index (κ1) is 55.6. The van der Waals surface area contributed by atoms with Crippen LogP contribution < -0.4 is 42.5 Å².